The molecule has 3 N–H and O–H groups in total. The first kappa shape index (κ1) is 22.0. The highest BCUT2D eigenvalue weighted by atomic mass is 19.4. The number of alkyl halides is 3. The normalized spacial score (nSPS) is 17.5. The summed E-state index contributed by atoms with van der Waals surface area (Å²) in [5.41, 5.74) is -3.90. The van der Waals surface area contributed by atoms with Crippen LogP contribution in [0.15, 0.2) is 18.2 Å². The average Bonchev–Trinajstić information content (AvgIpc) is 2.62. The van der Waals surface area contributed by atoms with Gasteiger partial charge in [-0.2, -0.15) is 13.2 Å². The van der Waals surface area contributed by atoms with Crippen molar-refractivity contribution in [3.63, 3.8) is 0 Å². The van der Waals surface area contributed by atoms with E-state index in [1.165, 1.54) is 19.9 Å². The van der Waals surface area contributed by atoms with Crippen LogP contribution in [-0.4, -0.2) is 35.9 Å². The zero-order valence-electron chi connectivity index (χ0n) is 15.9. The molecule has 1 aliphatic rings. The molecule has 1 fully saturated rings. The van der Waals surface area contributed by atoms with E-state index in [2.05, 4.69) is 15.4 Å². The average molecular weight is 402 g/mol. The molecule has 1 aliphatic carbocycles. The summed E-state index contributed by atoms with van der Waals surface area (Å²) < 4.78 is 44.7. The van der Waals surface area contributed by atoms with Crippen molar-refractivity contribution in [1.29, 1.82) is 0 Å². The SMILES string of the molecule is CCOC(=O)[C@@](O)(c1ccc(NC(=O)NC2CCCCC2)c(C)c1)C(F)(F)F. The highest BCUT2D eigenvalue weighted by Crippen LogP contribution is 2.41. The molecule has 9 heteroatoms. The second-order valence-electron chi connectivity index (χ2n) is 6.89. The van der Waals surface area contributed by atoms with E-state index in [9.17, 15) is 27.9 Å². The minimum atomic E-state index is -5.26. The quantitative estimate of drug-likeness (QED) is 0.655. The van der Waals surface area contributed by atoms with Crippen LogP contribution in [0, 0.1) is 6.92 Å². The Bertz CT molecular complexity index is 718. The van der Waals surface area contributed by atoms with Gasteiger partial charge >= 0.3 is 18.2 Å². The molecule has 156 valence electrons. The lowest BCUT2D eigenvalue weighted by Crippen LogP contribution is -2.50. The van der Waals surface area contributed by atoms with Crippen LogP contribution in [0.2, 0.25) is 0 Å². The predicted molar refractivity (Wildman–Crippen MR) is 96.8 cm³/mol. The number of hydrogen-bond donors (Lipinski definition) is 3. The van der Waals surface area contributed by atoms with Gasteiger partial charge in [0.05, 0.1) is 6.61 Å². The fourth-order valence-electron chi connectivity index (χ4n) is 3.25. The number of anilines is 1. The standard InChI is InChI=1S/C19H25F3N2O4/c1-3-28-16(25)18(27,19(20,21)22)13-9-10-15(12(2)11-13)24-17(26)23-14-7-5-4-6-8-14/h9-11,14,27H,3-8H2,1-2H3,(H2,23,24,26)/t18-/m0/s1. The molecule has 0 spiro atoms. The van der Waals surface area contributed by atoms with Gasteiger partial charge in [-0.05, 0) is 38.3 Å². The summed E-state index contributed by atoms with van der Waals surface area (Å²) in [5, 5.41) is 15.6. The maximum Gasteiger partial charge on any atom is 0.432 e. The van der Waals surface area contributed by atoms with E-state index >= 15 is 0 Å². The summed E-state index contributed by atoms with van der Waals surface area (Å²) in [7, 11) is 0. The van der Waals surface area contributed by atoms with Gasteiger partial charge in [-0.15, -0.1) is 0 Å². The van der Waals surface area contributed by atoms with Crippen LogP contribution in [0.1, 0.15) is 50.2 Å². The molecule has 0 heterocycles. The lowest BCUT2D eigenvalue weighted by atomic mass is 9.91. The van der Waals surface area contributed by atoms with Crippen LogP contribution in [0.5, 0.6) is 0 Å². The van der Waals surface area contributed by atoms with Crippen molar-refractivity contribution in [2.75, 3.05) is 11.9 Å². The molecule has 0 bridgehead atoms. The Kier molecular flexibility index (Phi) is 6.92. The van der Waals surface area contributed by atoms with Crippen molar-refractivity contribution in [2.45, 2.75) is 63.8 Å². The number of hydrogen-bond acceptors (Lipinski definition) is 4. The zero-order chi connectivity index (χ0) is 20.9. The second kappa shape index (κ2) is 8.81. The monoisotopic (exact) mass is 402 g/mol. The molecule has 2 rings (SSSR count). The van der Waals surface area contributed by atoms with Crippen LogP contribution >= 0.6 is 0 Å². The second-order valence-corrected chi connectivity index (χ2v) is 6.89. The third-order valence-corrected chi connectivity index (χ3v) is 4.81. The molecule has 1 aromatic carbocycles. The van der Waals surface area contributed by atoms with Crippen molar-refractivity contribution in [3.8, 4) is 0 Å². The molecule has 0 radical (unpaired) electrons. The number of aliphatic hydroxyl groups is 1. The van der Waals surface area contributed by atoms with Crippen molar-refractivity contribution >= 4 is 17.7 Å². The number of ether oxygens (including phenoxy) is 1. The fourth-order valence-corrected chi connectivity index (χ4v) is 3.25. The summed E-state index contributed by atoms with van der Waals surface area (Å²) >= 11 is 0. The van der Waals surface area contributed by atoms with Crippen molar-refractivity contribution in [1.82, 2.24) is 5.32 Å². The van der Waals surface area contributed by atoms with Crippen molar-refractivity contribution in [3.05, 3.63) is 29.3 Å². The van der Waals surface area contributed by atoms with Crippen LogP contribution in [0.25, 0.3) is 0 Å². The van der Waals surface area contributed by atoms with Crippen molar-refractivity contribution in [2.24, 2.45) is 0 Å². The lowest BCUT2D eigenvalue weighted by molar-refractivity contribution is -0.267. The first-order valence-electron chi connectivity index (χ1n) is 9.24. The third-order valence-electron chi connectivity index (χ3n) is 4.81. The number of carbonyl (C=O) groups excluding carboxylic acids is 2. The number of rotatable bonds is 5. The smallest absolute Gasteiger partial charge is 0.432 e. The largest absolute Gasteiger partial charge is 0.463 e. The Hall–Kier alpha value is -2.29. The van der Waals surface area contributed by atoms with Gasteiger partial charge < -0.3 is 20.5 Å². The maximum absolute atomic E-state index is 13.4. The van der Waals surface area contributed by atoms with E-state index in [4.69, 9.17) is 0 Å². The Labute approximate surface area is 161 Å². The molecule has 0 aromatic heterocycles. The minimum absolute atomic E-state index is 0.0764. The van der Waals surface area contributed by atoms with Gasteiger partial charge in [0.1, 0.15) is 0 Å². The highest BCUT2D eigenvalue weighted by molar-refractivity contribution is 5.90. The van der Waals surface area contributed by atoms with E-state index in [1.807, 2.05) is 0 Å². The first-order valence-corrected chi connectivity index (χ1v) is 9.24. The van der Waals surface area contributed by atoms with Gasteiger partial charge in [0, 0.05) is 17.3 Å². The fraction of sp³-hybridized carbons (Fsp3) is 0.579. The van der Waals surface area contributed by atoms with Crippen LogP contribution in [0.4, 0.5) is 23.7 Å². The summed E-state index contributed by atoms with van der Waals surface area (Å²) in [6.45, 7) is 2.51. The molecule has 0 aliphatic heterocycles. The summed E-state index contributed by atoms with van der Waals surface area (Å²) in [5.74, 6) is -1.79. The van der Waals surface area contributed by atoms with E-state index in [0.29, 0.717) is 0 Å². The number of amides is 2. The lowest BCUT2D eigenvalue weighted by Gasteiger charge is -2.29. The van der Waals surface area contributed by atoms with E-state index < -0.39 is 29.3 Å². The number of nitrogens with one attached hydrogen (secondary N) is 2. The molecule has 1 saturated carbocycles. The number of carbonyl (C=O) groups is 2. The number of esters is 1. The van der Waals surface area contributed by atoms with Crippen LogP contribution in [-0.2, 0) is 15.1 Å². The Morgan fingerprint density at radius 1 is 1.21 bits per heavy atom. The molecular formula is C19H25F3N2O4. The van der Waals surface area contributed by atoms with Crippen molar-refractivity contribution < 1.29 is 32.6 Å². The van der Waals surface area contributed by atoms with Gasteiger partial charge in [-0.1, -0.05) is 31.4 Å². The molecule has 0 saturated heterocycles. The van der Waals surface area contributed by atoms with E-state index in [0.717, 1.165) is 44.2 Å². The third kappa shape index (κ3) is 4.76. The molecule has 1 atom stereocenters. The Balaban J connectivity index is 2.19. The minimum Gasteiger partial charge on any atom is -0.463 e. The predicted octanol–water partition coefficient (Wildman–Crippen LogP) is 3.76. The van der Waals surface area contributed by atoms with E-state index in [-0.39, 0.29) is 23.9 Å². The summed E-state index contributed by atoms with van der Waals surface area (Å²) in [6, 6.07) is 2.82. The Morgan fingerprint density at radius 3 is 2.39 bits per heavy atom. The van der Waals surface area contributed by atoms with Crippen LogP contribution in [0.3, 0.4) is 0 Å². The molecule has 6 nitrogen and oxygen atoms in total. The topological polar surface area (TPSA) is 87.7 Å². The summed E-state index contributed by atoms with van der Waals surface area (Å²) in [4.78, 5) is 24.0. The van der Waals surface area contributed by atoms with Gasteiger partial charge in [0.2, 0.25) is 0 Å². The first-order chi connectivity index (χ1) is 13.1. The number of aryl methyl sites for hydroxylation is 1. The summed E-state index contributed by atoms with van der Waals surface area (Å²) in [6.07, 6.45) is -0.250. The number of benzene rings is 1. The molecular weight excluding hydrogens is 377 g/mol. The molecule has 28 heavy (non-hydrogen) atoms. The van der Waals surface area contributed by atoms with Crippen LogP contribution < -0.4 is 10.6 Å². The maximum atomic E-state index is 13.4. The zero-order valence-corrected chi connectivity index (χ0v) is 15.9. The van der Waals surface area contributed by atoms with Gasteiger partial charge in [0.15, 0.2) is 0 Å². The van der Waals surface area contributed by atoms with Gasteiger partial charge in [-0.25, -0.2) is 9.59 Å². The Morgan fingerprint density at radius 2 is 1.86 bits per heavy atom. The van der Waals surface area contributed by atoms with Gasteiger partial charge in [-0.3, -0.25) is 0 Å². The molecule has 2 amide bonds. The number of urea groups is 1. The molecule has 0 unspecified atom stereocenters. The number of halogens is 3. The van der Waals surface area contributed by atoms with E-state index in [1.54, 1.807) is 0 Å². The van der Waals surface area contributed by atoms with Gasteiger partial charge in [0.25, 0.3) is 5.60 Å². The molecule has 1 aromatic rings. The highest BCUT2D eigenvalue weighted by Gasteiger charge is 2.62.